The first kappa shape index (κ1) is 27.1. The zero-order valence-corrected chi connectivity index (χ0v) is 19.4. The van der Waals surface area contributed by atoms with Crippen molar-refractivity contribution in [2.75, 3.05) is 0 Å². The van der Waals surface area contributed by atoms with E-state index in [2.05, 4.69) is 73.5 Å². The van der Waals surface area contributed by atoms with Crippen LogP contribution in [0.15, 0.2) is 42.5 Å². The molecule has 3 aromatic rings. The van der Waals surface area contributed by atoms with Crippen LogP contribution in [0.2, 0.25) is 0 Å². The summed E-state index contributed by atoms with van der Waals surface area (Å²) in [7, 11) is 3.84. The maximum absolute atomic E-state index is 3.84. The van der Waals surface area contributed by atoms with Crippen molar-refractivity contribution >= 4 is 26.2 Å². The first-order valence-corrected chi connectivity index (χ1v) is 8.19. The van der Waals surface area contributed by atoms with Crippen LogP contribution in [0.1, 0.15) is 30.5 Å². The number of hydrogen-bond donors (Lipinski definition) is 0. The van der Waals surface area contributed by atoms with Crippen LogP contribution < -0.4 is 42.4 Å². The van der Waals surface area contributed by atoms with E-state index in [0.29, 0.717) is 0 Å². The molecule has 0 aliphatic carbocycles. The van der Waals surface area contributed by atoms with Crippen LogP contribution >= 0.6 is 0 Å². The maximum Gasteiger partial charge on any atom is 4.00 e. The van der Waals surface area contributed by atoms with Crippen molar-refractivity contribution in [2.45, 2.75) is 33.6 Å². The van der Waals surface area contributed by atoms with E-state index in [4.69, 9.17) is 0 Å². The Morgan fingerprint density at radius 2 is 1.52 bits per heavy atom. The Bertz CT molecular complexity index is 812. The summed E-state index contributed by atoms with van der Waals surface area (Å²) in [5, 5.41) is 3.89. The summed E-state index contributed by atoms with van der Waals surface area (Å²) in [6, 6.07) is 15.4. The molecule has 0 aliphatic heterocycles. The third kappa shape index (κ3) is 4.77. The Morgan fingerprint density at radius 3 is 2.12 bits per heavy atom. The molecule has 3 rings (SSSR count). The van der Waals surface area contributed by atoms with Gasteiger partial charge < -0.3 is 37.2 Å². The molecule has 0 unspecified atom stereocenters. The molecule has 0 bridgehead atoms. The summed E-state index contributed by atoms with van der Waals surface area (Å²) in [5.41, 5.74) is 7.09. The molecule has 0 aromatic heterocycles. The summed E-state index contributed by atoms with van der Waals surface area (Å²) in [4.78, 5) is 0. The number of aryl methyl sites for hydroxylation is 1. The topological polar surface area (TPSA) is 0 Å². The smallest absolute Gasteiger partial charge is 1.00 e. The van der Waals surface area contributed by atoms with E-state index in [1.54, 1.807) is 0 Å². The van der Waals surface area contributed by atoms with E-state index in [-0.39, 0.29) is 58.9 Å². The minimum Gasteiger partial charge on any atom is -1.00 e. The van der Waals surface area contributed by atoms with E-state index in [1.807, 2.05) is 0 Å². The van der Waals surface area contributed by atoms with Gasteiger partial charge in [0.2, 0.25) is 0 Å². The molecule has 0 nitrogen and oxygen atoms in total. The number of benzene rings is 2. The number of hydrogen-bond acceptors (Lipinski definition) is 0. The first-order valence-electron chi connectivity index (χ1n) is 7.69. The van der Waals surface area contributed by atoms with Gasteiger partial charge in [0.25, 0.3) is 0 Å². The summed E-state index contributed by atoms with van der Waals surface area (Å²) in [6.45, 7) is 6.71. The standard InChI is InChI=1S/C20H20Si.3ClH.Ti/c1-4-14-9-8-12-16(15(14)5-2)19-13(3)20(21)18-11-7-6-10-17(18)19;;;;/h6-12H,4-5H2,1-3H3;3*1H;/q-1;;;;+4/p-3. The average Bonchev–Trinajstić information content (AvgIpc) is 2.78. The van der Waals surface area contributed by atoms with Crippen molar-refractivity contribution < 1.29 is 58.9 Å². The summed E-state index contributed by atoms with van der Waals surface area (Å²) in [5.74, 6) is 0. The molecule has 129 valence electrons. The van der Waals surface area contributed by atoms with Crippen LogP contribution in [0.5, 0.6) is 0 Å². The van der Waals surface area contributed by atoms with Gasteiger partial charge in [0.05, 0.1) is 0 Å². The number of halogens is 3. The Kier molecular flexibility index (Phi) is 12.5. The second kappa shape index (κ2) is 11.5. The summed E-state index contributed by atoms with van der Waals surface area (Å²) in [6.07, 6.45) is 2.17. The Balaban J connectivity index is 0. The molecule has 0 heterocycles. The molecule has 3 radical (unpaired) electrons. The van der Waals surface area contributed by atoms with E-state index in [0.717, 1.165) is 12.8 Å². The molecule has 0 atom stereocenters. The van der Waals surface area contributed by atoms with Gasteiger partial charge in [0.1, 0.15) is 0 Å². The predicted octanol–water partition coefficient (Wildman–Crippen LogP) is -4.54. The van der Waals surface area contributed by atoms with Crippen molar-refractivity contribution in [1.29, 1.82) is 0 Å². The summed E-state index contributed by atoms with van der Waals surface area (Å²) >= 11 is 0. The van der Waals surface area contributed by atoms with Crippen LogP contribution in [0, 0.1) is 6.92 Å². The molecule has 3 aromatic carbocycles. The van der Waals surface area contributed by atoms with Crippen LogP contribution in [0.25, 0.3) is 21.9 Å². The first-order chi connectivity index (χ1) is 10.2. The van der Waals surface area contributed by atoms with Gasteiger partial charge in [-0.25, -0.2) is 0 Å². The fourth-order valence-corrected chi connectivity index (χ4v) is 3.76. The zero-order chi connectivity index (χ0) is 15.0. The predicted molar refractivity (Wildman–Crippen MR) is 93.9 cm³/mol. The minimum absolute atomic E-state index is 0. The molecular weight excluding hydrogens is 423 g/mol. The quantitative estimate of drug-likeness (QED) is 0.283. The number of fused-ring (bicyclic) bond motifs is 1. The van der Waals surface area contributed by atoms with E-state index in [1.165, 1.54) is 43.8 Å². The Hall–Kier alpha value is -0.149. The third-order valence-electron chi connectivity index (χ3n) is 4.49. The molecule has 5 heteroatoms. The monoisotopic (exact) mass is 441 g/mol. The molecular formula is C20H20Cl3SiTi. The molecule has 0 spiro atoms. The van der Waals surface area contributed by atoms with Gasteiger partial charge in [-0.15, -0.1) is 22.9 Å². The van der Waals surface area contributed by atoms with Gasteiger partial charge in [0, 0.05) is 10.2 Å². The van der Waals surface area contributed by atoms with Gasteiger partial charge in [-0.05, 0) is 6.42 Å². The maximum atomic E-state index is 3.84. The minimum atomic E-state index is 0. The summed E-state index contributed by atoms with van der Waals surface area (Å²) < 4.78 is 0. The van der Waals surface area contributed by atoms with Crippen LogP contribution in [0.4, 0.5) is 0 Å². The molecule has 0 fully saturated rings. The van der Waals surface area contributed by atoms with Gasteiger partial charge >= 0.3 is 21.7 Å². The Labute approximate surface area is 188 Å². The third-order valence-corrected chi connectivity index (χ3v) is 5.14. The van der Waals surface area contributed by atoms with Gasteiger partial charge in [-0.1, -0.05) is 90.6 Å². The second-order valence-electron chi connectivity index (χ2n) is 5.57. The molecule has 0 saturated carbocycles. The average molecular weight is 443 g/mol. The van der Waals surface area contributed by atoms with E-state index >= 15 is 0 Å². The Morgan fingerprint density at radius 1 is 0.880 bits per heavy atom. The van der Waals surface area contributed by atoms with Gasteiger partial charge in [-0.3, -0.25) is 0 Å². The molecule has 0 amide bonds. The fourth-order valence-electron chi connectivity index (χ4n) is 3.41. The zero-order valence-electron chi connectivity index (χ0n) is 14.6. The molecule has 0 aliphatic rings. The van der Waals surface area contributed by atoms with Crippen LogP contribution in [-0.2, 0) is 34.6 Å². The molecule has 0 saturated heterocycles. The van der Waals surface area contributed by atoms with Crippen LogP contribution in [0.3, 0.4) is 0 Å². The molecule has 0 N–H and O–H groups in total. The van der Waals surface area contributed by atoms with Crippen molar-refractivity contribution in [1.82, 2.24) is 0 Å². The van der Waals surface area contributed by atoms with Crippen molar-refractivity contribution in [3.05, 3.63) is 59.2 Å². The van der Waals surface area contributed by atoms with E-state index < -0.39 is 0 Å². The van der Waals surface area contributed by atoms with Crippen molar-refractivity contribution in [3.63, 3.8) is 0 Å². The largest absolute Gasteiger partial charge is 4.00 e. The number of rotatable bonds is 3. The second-order valence-corrected chi connectivity index (χ2v) is 6.07. The SMILES string of the molecule is CCc1cccc(-[c-]2c(C)c([Si])c3ccccc32)c1CC.[Cl-].[Cl-].[Cl-].[Ti+4]. The van der Waals surface area contributed by atoms with Gasteiger partial charge in [-0.2, -0.15) is 0 Å². The van der Waals surface area contributed by atoms with E-state index in [9.17, 15) is 0 Å². The van der Waals surface area contributed by atoms with Gasteiger partial charge in [0.15, 0.2) is 0 Å². The fraction of sp³-hybridized carbons (Fsp3) is 0.250. The van der Waals surface area contributed by atoms with Crippen molar-refractivity contribution in [3.8, 4) is 11.1 Å². The normalized spacial score (nSPS) is 9.44. The molecule has 25 heavy (non-hydrogen) atoms. The van der Waals surface area contributed by atoms with Crippen LogP contribution in [-0.4, -0.2) is 10.2 Å². The van der Waals surface area contributed by atoms with Crippen molar-refractivity contribution in [2.24, 2.45) is 0 Å².